The Morgan fingerprint density at radius 1 is 1.24 bits per heavy atom. The Morgan fingerprint density at radius 2 is 2.00 bits per heavy atom. The number of nitrogens with one attached hydrogen (secondary N) is 1. The van der Waals surface area contributed by atoms with Gasteiger partial charge in [-0.2, -0.15) is 0 Å². The molecule has 1 aromatic heterocycles. The van der Waals surface area contributed by atoms with Crippen LogP contribution in [-0.4, -0.2) is 21.7 Å². The molecule has 1 unspecified atom stereocenters. The highest BCUT2D eigenvalue weighted by Crippen LogP contribution is 2.23. The van der Waals surface area contributed by atoms with Gasteiger partial charge in [0.2, 0.25) is 0 Å². The monoisotopic (exact) mass is 230 g/mol. The fourth-order valence-corrected chi connectivity index (χ4v) is 1.64. The van der Waals surface area contributed by atoms with Gasteiger partial charge in [-0.25, -0.2) is 0 Å². The molecule has 0 fully saturated rings. The summed E-state index contributed by atoms with van der Waals surface area (Å²) in [6, 6.07) is 9.87. The molecule has 0 aliphatic carbocycles. The van der Waals surface area contributed by atoms with Gasteiger partial charge in [0.1, 0.15) is 0 Å². The minimum atomic E-state index is -0.760. The molecule has 3 nitrogen and oxygen atoms in total. The first kappa shape index (κ1) is 11.9. The Hall–Kier alpha value is -1.61. The number of anilines is 1. The predicted molar refractivity (Wildman–Crippen MR) is 71.1 cm³/mol. The Bertz CT molecular complexity index is 512. The van der Waals surface area contributed by atoms with Crippen LogP contribution in [0.4, 0.5) is 5.69 Å². The van der Waals surface area contributed by atoms with Gasteiger partial charge in [-0.05, 0) is 45.0 Å². The van der Waals surface area contributed by atoms with Crippen LogP contribution in [0, 0.1) is 0 Å². The van der Waals surface area contributed by atoms with E-state index in [9.17, 15) is 5.11 Å². The molecule has 0 saturated carbocycles. The summed E-state index contributed by atoms with van der Waals surface area (Å²) in [6.45, 7) is 5.57. The number of nitrogens with zero attached hydrogens (tertiary/aromatic N) is 1. The molecule has 0 aliphatic rings. The van der Waals surface area contributed by atoms with Gasteiger partial charge in [-0.15, -0.1) is 0 Å². The highest BCUT2D eigenvalue weighted by Gasteiger charge is 2.22. The lowest BCUT2D eigenvalue weighted by atomic mass is 10.00. The molecule has 90 valence electrons. The third-order valence-corrected chi connectivity index (χ3v) is 3.08. The summed E-state index contributed by atoms with van der Waals surface area (Å²) in [5.74, 6) is 0. The number of benzene rings is 1. The van der Waals surface area contributed by atoms with Crippen LogP contribution in [0.1, 0.15) is 20.8 Å². The minimum Gasteiger partial charge on any atom is -0.388 e. The van der Waals surface area contributed by atoms with Crippen molar-refractivity contribution in [3.05, 3.63) is 36.5 Å². The molecule has 2 N–H and O–H groups in total. The maximum atomic E-state index is 9.94. The van der Waals surface area contributed by atoms with Gasteiger partial charge in [-0.3, -0.25) is 4.98 Å². The number of aromatic nitrogens is 1. The largest absolute Gasteiger partial charge is 0.388 e. The summed E-state index contributed by atoms with van der Waals surface area (Å²) in [5.41, 5.74) is 1.20. The van der Waals surface area contributed by atoms with Crippen molar-refractivity contribution in [1.29, 1.82) is 0 Å². The van der Waals surface area contributed by atoms with Gasteiger partial charge in [-0.1, -0.05) is 6.07 Å². The lowest BCUT2D eigenvalue weighted by Crippen LogP contribution is -2.39. The molecule has 3 heteroatoms. The molecule has 1 atom stereocenters. The SMILES string of the molecule is CC(Nc1cccc2ncccc12)C(C)(C)O. The maximum Gasteiger partial charge on any atom is 0.0789 e. The first-order valence-corrected chi connectivity index (χ1v) is 5.81. The minimum absolute atomic E-state index is 0.0340. The molecule has 0 saturated heterocycles. The van der Waals surface area contributed by atoms with E-state index in [1.165, 1.54) is 0 Å². The first-order valence-electron chi connectivity index (χ1n) is 5.81. The van der Waals surface area contributed by atoms with Crippen LogP contribution in [0.5, 0.6) is 0 Å². The Balaban J connectivity index is 2.36. The van der Waals surface area contributed by atoms with Crippen LogP contribution in [-0.2, 0) is 0 Å². The van der Waals surface area contributed by atoms with Gasteiger partial charge in [0.15, 0.2) is 0 Å². The molecular weight excluding hydrogens is 212 g/mol. The molecule has 0 spiro atoms. The standard InChI is InChI=1S/C14H18N2O/c1-10(14(2,3)17)16-13-8-4-7-12-11(13)6-5-9-15-12/h4-10,16-17H,1-3H3. The van der Waals surface area contributed by atoms with Crippen molar-refractivity contribution in [3.8, 4) is 0 Å². The Morgan fingerprint density at radius 3 is 2.71 bits per heavy atom. The summed E-state index contributed by atoms with van der Waals surface area (Å²) >= 11 is 0. The first-order chi connectivity index (χ1) is 7.98. The van der Waals surface area contributed by atoms with Crippen molar-refractivity contribution < 1.29 is 5.11 Å². The van der Waals surface area contributed by atoms with Crippen molar-refractivity contribution in [1.82, 2.24) is 4.98 Å². The van der Waals surface area contributed by atoms with Crippen molar-refractivity contribution in [3.63, 3.8) is 0 Å². The summed E-state index contributed by atoms with van der Waals surface area (Å²) in [4.78, 5) is 4.31. The average molecular weight is 230 g/mol. The highest BCUT2D eigenvalue weighted by molar-refractivity contribution is 5.91. The Labute approximate surface area is 102 Å². The molecule has 2 rings (SSSR count). The van der Waals surface area contributed by atoms with E-state index >= 15 is 0 Å². The molecule has 0 amide bonds. The molecule has 1 heterocycles. The molecule has 0 aliphatic heterocycles. The van der Waals surface area contributed by atoms with E-state index < -0.39 is 5.60 Å². The van der Waals surface area contributed by atoms with E-state index in [0.29, 0.717) is 0 Å². The van der Waals surface area contributed by atoms with Crippen LogP contribution >= 0.6 is 0 Å². The van der Waals surface area contributed by atoms with Crippen LogP contribution in [0.2, 0.25) is 0 Å². The number of pyridine rings is 1. The number of hydrogen-bond donors (Lipinski definition) is 2. The zero-order valence-electron chi connectivity index (χ0n) is 10.4. The van der Waals surface area contributed by atoms with E-state index in [2.05, 4.69) is 10.3 Å². The van der Waals surface area contributed by atoms with Gasteiger partial charge in [0, 0.05) is 17.3 Å². The number of rotatable bonds is 3. The smallest absolute Gasteiger partial charge is 0.0789 e. The summed E-state index contributed by atoms with van der Waals surface area (Å²) in [7, 11) is 0. The molecule has 2 aromatic rings. The van der Waals surface area contributed by atoms with Crippen molar-refractivity contribution in [2.75, 3.05) is 5.32 Å². The maximum absolute atomic E-state index is 9.94. The van der Waals surface area contributed by atoms with Crippen LogP contribution in [0.15, 0.2) is 36.5 Å². The zero-order chi connectivity index (χ0) is 12.5. The van der Waals surface area contributed by atoms with E-state index in [1.807, 2.05) is 37.3 Å². The second-order valence-corrected chi connectivity index (χ2v) is 4.90. The van der Waals surface area contributed by atoms with Gasteiger partial charge in [0.25, 0.3) is 0 Å². The van der Waals surface area contributed by atoms with E-state index in [4.69, 9.17) is 0 Å². The summed E-state index contributed by atoms with van der Waals surface area (Å²) < 4.78 is 0. The molecular formula is C14H18N2O. The van der Waals surface area contributed by atoms with Crippen molar-refractivity contribution in [2.45, 2.75) is 32.4 Å². The van der Waals surface area contributed by atoms with Gasteiger partial charge in [0.05, 0.1) is 17.2 Å². The van der Waals surface area contributed by atoms with Crippen LogP contribution in [0.25, 0.3) is 10.9 Å². The van der Waals surface area contributed by atoms with Gasteiger partial charge >= 0.3 is 0 Å². The average Bonchev–Trinajstić information content (AvgIpc) is 2.28. The van der Waals surface area contributed by atoms with E-state index in [0.717, 1.165) is 16.6 Å². The lowest BCUT2D eigenvalue weighted by Gasteiger charge is -2.28. The fraction of sp³-hybridized carbons (Fsp3) is 0.357. The molecule has 17 heavy (non-hydrogen) atoms. The predicted octanol–water partition coefficient (Wildman–Crippen LogP) is 2.81. The van der Waals surface area contributed by atoms with E-state index in [-0.39, 0.29) is 6.04 Å². The number of hydrogen-bond acceptors (Lipinski definition) is 3. The van der Waals surface area contributed by atoms with Crippen molar-refractivity contribution in [2.24, 2.45) is 0 Å². The topological polar surface area (TPSA) is 45.2 Å². The second kappa shape index (κ2) is 4.34. The van der Waals surface area contributed by atoms with Crippen LogP contribution < -0.4 is 5.32 Å². The molecule has 0 radical (unpaired) electrons. The lowest BCUT2D eigenvalue weighted by molar-refractivity contribution is 0.0649. The van der Waals surface area contributed by atoms with Crippen LogP contribution in [0.3, 0.4) is 0 Å². The quantitative estimate of drug-likeness (QED) is 0.852. The number of aliphatic hydroxyl groups is 1. The molecule has 0 bridgehead atoms. The third-order valence-electron chi connectivity index (χ3n) is 3.08. The highest BCUT2D eigenvalue weighted by atomic mass is 16.3. The normalized spacial score (nSPS) is 13.6. The zero-order valence-corrected chi connectivity index (χ0v) is 10.4. The Kier molecular flexibility index (Phi) is 3.03. The third kappa shape index (κ3) is 2.56. The summed E-state index contributed by atoms with van der Waals surface area (Å²) in [5, 5.41) is 14.4. The fourth-order valence-electron chi connectivity index (χ4n) is 1.64. The van der Waals surface area contributed by atoms with Gasteiger partial charge < -0.3 is 10.4 Å². The second-order valence-electron chi connectivity index (χ2n) is 4.90. The molecule has 1 aromatic carbocycles. The summed E-state index contributed by atoms with van der Waals surface area (Å²) in [6.07, 6.45) is 1.78. The number of fused-ring (bicyclic) bond motifs is 1. The van der Waals surface area contributed by atoms with E-state index in [1.54, 1.807) is 20.0 Å². The van der Waals surface area contributed by atoms with Crippen molar-refractivity contribution >= 4 is 16.6 Å².